The van der Waals surface area contributed by atoms with E-state index in [1.807, 2.05) is 6.07 Å². The van der Waals surface area contributed by atoms with Crippen LogP contribution in [0.25, 0.3) is 11.4 Å². The van der Waals surface area contributed by atoms with Crippen molar-refractivity contribution in [1.82, 2.24) is 15.5 Å². The molecule has 0 aliphatic heterocycles. The summed E-state index contributed by atoms with van der Waals surface area (Å²) in [6, 6.07) is 5.08. The lowest BCUT2D eigenvalue weighted by Crippen LogP contribution is -2.19. The van der Waals surface area contributed by atoms with E-state index in [2.05, 4.69) is 15.5 Å². The van der Waals surface area contributed by atoms with Gasteiger partial charge < -0.3 is 19.7 Å². The van der Waals surface area contributed by atoms with Gasteiger partial charge in [-0.3, -0.25) is 4.98 Å². The Kier molecular flexibility index (Phi) is 3.81. The molecule has 0 aromatic carbocycles. The summed E-state index contributed by atoms with van der Waals surface area (Å²) in [6.45, 7) is 0.00967. The van der Waals surface area contributed by atoms with Crippen LogP contribution in [0, 0.1) is 11.3 Å². The van der Waals surface area contributed by atoms with E-state index in [0.29, 0.717) is 28.5 Å². The van der Waals surface area contributed by atoms with Crippen LogP contribution < -0.4 is 10.1 Å². The number of nitrogens with one attached hydrogen (secondary N) is 1. The minimum atomic E-state index is -1.15. The minimum absolute atomic E-state index is 0.00967. The third-order valence-corrected chi connectivity index (χ3v) is 2.44. The average molecular weight is 274 g/mol. The number of hydrogen-bond donors (Lipinski definition) is 2. The van der Waals surface area contributed by atoms with Gasteiger partial charge in [-0.2, -0.15) is 5.26 Å². The first-order valence-electron chi connectivity index (χ1n) is 5.51. The fourth-order valence-corrected chi connectivity index (χ4v) is 1.51. The van der Waals surface area contributed by atoms with E-state index in [0.717, 1.165) is 0 Å². The Labute approximate surface area is 113 Å². The van der Waals surface area contributed by atoms with Crippen molar-refractivity contribution in [3.8, 4) is 23.2 Å². The molecule has 0 aliphatic rings. The summed E-state index contributed by atoms with van der Waals surface area (Å²) in [5, 5.41) is 23.3. The third kappa shape index (κ3) is 2.84. The lowest BCUT2D eigenvalue weighted by atomic mass is 10.2. The Bertz CT molecular complexity index is 674. The molecule has 0 saturated carbocycles. The number of carboxylic acid groups (broad SMARTS) is 1. The van der Waals surface area contributed by atoms with Crippen molar-refractivity contribution >= 4 is 6.09 Å². The summed E-state index contributed by atoms with van der Waals surface area (Å²) in [4.78, 5) is 14.4. The van der Waals surface area contributed by atoms with Gasteiger partial charge in [-0.05, 0) is 0 Å². The van der Waals surface area contributed by atoms with E-state index in [1.165, 1.54) is 13.3 Å². The zero-order valence-electron chi connectivity index (χ0n) is 10.5. The predicted octanol–water partition coefficient (Wildman–Crippen LogP) is 1.38. The van der Waals surface area contributed by atoms with Crippen LogP contribution in [0.3, 0.4) is 0 Å². The first-order chi connectivity index (χ1) is 9.63. The molecular formula is C12H10N4O4. The highest BCUT2D eigenvalue weighted by atomic mass is 16.5. The molecule has 2 aromatic rings. The average Bonchev–Trinajstić information content (AvgIpc) is 2.93. The van der Waals surface area contributed by atoms with Crippen LogP contribution in [0.4, 0.5) is 4.79 Å². The van der Waals surface area contributed by atoms with Crippen molar-refractivity contribution in [2.45, 2.75) is 6.54 Å². The number of amides is 1. The summed E-state index contributed by atoms with van der Waals surface area (Å²) in [7, 11) is 1.45. The van der Waals surface area contributed by atoms with Crippen molar-refractivity contribution in [3.63, 3.8) is 0 Å². The van der Waals surface area contributed by atoms with Crippen LogP contribution in [0.1, 0.15) is 11.3 Å². The predicted molar refractivity (Wildman–Crippen MR) is 65.9 cm³/mol. The molecule has 2 N–H and O–H groups in total. The van der Waals surface area contributed by atoms with Gasteiger partial charge in [-0.15, -0.1) is 0 Å². The Morgan fingerprint density at radius 3 is 3.00 bits per heavy atom. The lowest BCUT2D eigenvalue weighted by Gasteiger charge is -2.02. The van der Waals surface area contributed by atoms with E-state index in [-0.39, 0.29) is 6.54 Å². The Morgan fingerprint density at radius 2 is 2.35 bits per heavy atom. The van der Waals surface area contributed by atoms with Crippen molar-refractivity contribution in [2.75, 3.05) is 7.11 Å². The van der Waals surface area contributed by atoms with E-state index >= 15 is 0 Å². The zero-order chi connectivity index (χ0) is 14.5. The summed E-state index contributed by atoms with van der Waals surface area (Å²) in [5.41, 5.74) is 1.20. The number of methoxy groups -OCH3 is 1. The van der Waals surface area contributed by atoms with Crippen LogP contribution in [0.2, 0.25) is 0 Å². The molecule has 2 heterocycles. The van der Waals surface area contributed by atoms with Crippen LogP contribution in [0.15, 0.2) is 22.9 Å². The second-order valence-corrected chi connectivity index (χ2v) is 3.72. The van der Waals surface area contributed by atoms with Gasteiger partial charge in [0.15, 0.2) is 5.76 Å². The Morgan fingerprint density at radius 1 is 1.55 bits per heavy atom. The van der Waals surface area contributed by atoms with Gasteiger partial charge in [0.2, 0.25) is 0 Å². The van der Waals surface area contributed by atoms with Crippen LogP contribution in [0.5, 0.6) is 5.75 Å². The molecule has 8 heteroatoms. The first kappa shape index (κ1) is 13.4. The Balaban J connectivity index is 2.24. The number of hydrogen-bond acceptors (Lipinski definition) is 6. The van der Waals surface area contributed by atoms with Gasteiger partial charge in [-0.1, -0.05) is 5.16 Å². The second kappa shape index (κ2) is 5.71. The molecule has 0 atom stereocenters. The standard InChI is InChI=1S/C12H10N4O4/c1-19-11-3-9(14-5-7(11)4-13)10-2-8(20-16-10)6-15-12(17)18/h2-3,5,15H,6H2,1H3,(H,17,18). The maximum absolute atomic E-state index is 10.4. The number of pyridine rings is 1. The second-order valence-electron chi connectivity index (χ2n) is 3.72. The molecular weight excluding hydrogens is 264 g/mol. The van der Waals surface area contributed by atoms with Crippen molar-refractivity contribution < 1.29 is 19.2 Å². The quantitative estimate of drug-likeness (QED) is 0.863. The van der Waals surface area contributed by atoms with Crippen molar-refractivity contribution in [3.05, 3.63) is 29.7 Å². The third-order valence-electron chi connectivity index (χ3n) is 2.44. The fraction of sp³-hybridized carbons (Fsp3) is 0.167. The lowest BCUT2D eigenvalue weighted by molar-refractivity contribution is 0.192. The van der Waals surface area contributed by atoms with E-state index in [9.17, 15) is 4.79 Å². The Hall–Kier alpha value is -3.08. The molecule has 0 spiro atoms. The van der Waals surface area contributed by atoms with Gasteiger partial charge >= 0.3 is 6.09 Å². The molecule has 2 rings (SSSR count). The SMILES string of the molecule is COc1cc(-c2cc(CNC(=O)O)on2)ncc1C#N. The number of rotatable bonds is 4. The summed E-state index contributed by atoms with van der Waals surface area (Å²) in [5.74, 6) is 0.734. The van der Waals surface area contributed by atoms with Gasteiger partial charge in [0, 0.05) is 18.3 Å². The first-order valence-corrected chi connectivity index (χ1v) is 5.51. The molecule has 0 fully saturated rings. The van der Waals surface area contributed by atoms with Crippen LogP contribution in [-0.4, -0.2) is 28.5 Å². The number of aromatic nitrogens is 2. The van der Waals surface area contributed by atoms with Gasteiger partial charge in [0.05, 0.1) is 19.3 Å². The maximum Gasteiger partial charge on any atom is 0.405 e. The number of nitriles is 1. The molecule has 0 saturated heterocycles. The number of nitrogens with zero attached hydrogens (tertiary/aromatic N) is 3. The van der Waals surface area contributed by atoms with Gasteiger partial charge in [0.1, 0.15) is 23.1 Å². The number of ether oxygens (including phenoxy) is 1. The van der Waals surface area contributed by atoms with Crippen molar-refractivity contribution in [1.29, 1.82) is 5.26 Å². The summed E-state index contributed by atoms with van der Waals surface area (Å²) >= 11 is 0. The molecule has 0 radical (unpaired) electrons. The number of carbonyl (C=O) groups is 1. The van der Waals surface area contributed by atoms with Gasteiger partial charge in [0.25, 0.3) is 0 Å². The van der Waals surface area contributed by atoms with E-state index < -0.39 is 6.09 Å². The highest BCUT2D eigenvalue weighted by molar-refractivity contribution is 5.64. The van der Waals surface area contributed by atoms with Crippen LogP contribution >= 0.6 is 0 Å². The van der Waals surface area contributed by atoms with Gasteiger partial charge in [-0.25, -0.2) is 4.79 Å². The van der Waals surface area contributed by atoms with E-state index in [4.69, 9.17) is 19.6 Å². The monoisotopic (exact) mass is 274 g/mol. The summed E-state index contributed by atoms with van der Waals surface area (Å²) < 4.78 is 10.1. The molecule has 0 bridgehead atoms. The smallest absolute Gasteiger partial charge is 0.405 e. The zero-order valence-corrected chi connectivity index (χ0v) is 10.5. The molecule has 8 nitrogen and oxygen atoms in total. The normalized spacial score (nSPS) is 9.80. The van der Waals surface area contributed by atoms with Crippen molar-refractivity contribution in [2.24, 2.45) is 0 Å². The molecule has 2 aromatic heterocycles. The molecule has 102 valence electrons. The highest BCUT2D eigenvalue weighted by Crippen LogP contribution is 2.24. The fourth-order valence-electron chi connectivity index (χ4n) is 1.51. The van der Waals surface area contributed by atoms with Crippen LogP contribution in [-0.2, 0) is 6.54 Å². The molecule has 1 amide bonds. The molecule has 0 unspecified atom stereocenters. The minimum Gasteiger partial charge on any atom is -0.495 e. The highest BCUT2D eigenvalue weighted by Gasteiger charge is 2.11. The molecule has 20 heavy (non-hydrogen) atoms. The topological polar surface area (TPSA) is 121 Å². The molecule has 0 aliphatic carbocycles. The summed E-state index contributed by atoms with van der Waals surface area (Å²) in [6.07, 6.45) is 0.221. The largest absolute Gasteiger partial charge is 0.495 e. The maximum atomic E-state index is 10.4. The van der Waals surface area contributed by atoms with E-state index in [1.54, 1.807) is 12.1 Å².